The van der Waals surface area contributed by atoms with Crippen molar-refractivity contribution in [2.24, 2.45) is 11.8 Å². The van der Waals surface area contributed by atoms with Gasteiger partial charge in [0.05, 0.1) is 18.2 Å². The van der Waals surface area contributed by atoms with Crippen LogP contribution in [0.15, 0.2) is 0 Å². The van der Waals surface area contributed by atoms with Crippen LogP contribution in [-0.2, 0) is 9.47 Å². The van der Waals surface area contributed by atoms with Crippen molar-refractivity contribution in [2.45, 2.75) is 57.6 Å². The number of hydrogen-bond donors (Lipinski definition) is 2. The Morgan fingerprint density at radius 1 is 1.53 bits per heavy atom. The van der Waals surface area contributed by atoms with Crippen LogP contribution in [0.5, 0.6) is 0 Å². The molecule has 3 atom stereocenters. The maximum absolute atomic E-state index is 5.81. The van der Waals surface area contributed by atoms with E-state index >= 15 is 0 Å². The summed E-state index contributed by atoms with van der Waals surface area (Å²) in [6, 6.07) is 0.0850. The number of hydrogen-bond acceptors (Lipinski definition) is 4. The summed E-state index contributed by atoms with van der Waals surface area (Å²) in [6.45, 7) is 5.81. The summed E-state index contributed by atoms with van der Waals surface area (Å²) in [5.74, 6) is 6.38. The number of nitrogens with one attached hydrogen (secondary N) is 1. The van der Waals surface area contributed by atoms with Crippen molar-refractivity contribution in [1.82, 2.24) is 5.43 Å². The molecule has 1 fully saturated rings. The third-order valence-electron chi connectivity index (χ3n) is 3.87. The molecule has 1 rings (SSSR count). The lowest BCUT2D eigenvalue weighted by molar-refractivity contribution is -0.0963. The van der Waals surface area contributed by atoms with E-state index in [9.17, 15) is 0 Å². The smallest absolute Gasteiger partial charge is 0.0869 e. The Morgan fingerprint density at radius 3 is 2.82 bits per heavy atom. The van der Waals surface area contributed by atoms with Crippen LogP contribution in [0.3, 0.4) is 0 Å². The molecule has 0 spiro atoms. The normalized spacial score (nSPS) is 31.4. The number of hydrazine groups is 1. The first-order chi connectivity index (χ1) is 8.18. The van der Waals surface area contributed by atoms with Gasteiger partial charge in [-0.25, -0.2) is 0 Å². The van der Waals surface area contributed by atoms with Gasteiger partial charge in [0.2, 0.25) is 0 Å². The minimum absolute atomic E-state index is 0.0850. The first kappa shape index (κ1) is 14.9. The molecule has 4 nitrogen and oxygen atoms in total. The fourth-order valence-corrected chi connectivity index (χ4v) is 2.89. The molecule has 0 aromatic rings. The van der Waals surface area contributed by atoms with Crippen LogP contribution in [0.25, 0.3) is 0 Å². The maximum Gasteiger partial charge on any atom is 0.0869 e. The van der Waals surface area contributed by atoms with Gasteiger partial charge in [0.25, 0.3) is 0 Å². The molecule has 1 saturated carbocycles. The fraction of sp³-hybridized carbons (Fsp3) is 1.00. The second kappa shape index (κ2) is 7.31. The van der Waals surface area contributed by atoms with Crippen LogP contribution in [-0.4, -0.2) is 32.0 Å². The topological polar surface area (TPSA) is 56.5 Å². The Kier molecular flexibility index (Phi) is 6.41. The van der Waals surface area contributed by atoms with Gasteiger partial charge in [0.1, 0.15) is 0 Å². The van der Waals surface area contributed by atoms with Gasteiger partial charge in [0.15, 0.2) is 0 Å². The van der Waals surface area contributed by atoms with Gasteiger partial charge in [-0.15, -0.1) is 0 Å². The van der Waals surface area contributed by atoms with Crippen LogP contribution in [0.2, 0.25) is 0 Å². The van der Waals surface area contributed by atoms with Gasteiger partial charge in [0, 0.05) is 13.7 Å². The van der Waals surface area contributed by atoms with Crippen molar-refractivity contribution in [2.75, 3.05) is 20.3 Å². The van der Waals surface area contributed by atoms with Gasteiger partial charge in [-0.2, -0.15) is 0 Å². The molecule has 1 aliphatic carbocycles. The Hall–Kier alpha value is -0.160. The molecule has 102 valence electrons. The van der Waals surface area contributed by atoms with E-state index in [2.05, 4.69) is 19.3 Å². The Bertz CT molecular complexity index is 214. The maximum atomic E-state index is 5.81. The van der Waals surface area contributed by atoms with E-state index in [0.29, 0.717) is 12.5 Å². The first-order valence-electron chi connectivity index (χ1n) is 6.77. The second-order valence-electron chi connectivity index (χ2n) is 5.26. The van der Waals surface area contributed by atoms with E-state index in [1.807, 2.05) is 0 Å². The van der Waals surface area contributed by atoms with Gasteiger partial charge in [-0.05, 0) is 25.2 Å². The molecular weight excluding hydrogens is 216 g/mol. The third kappa shape index (κ3) is 3.91. The summed E-state index contributed by atoms with van der Waals surface area (Å²) < 4.78 is 11.4. The standard InChI is InChI=1S/C13H28N2O2/c1-4-8-17-10-12(15-14)13(16-3)7-5-6-11(2)9-13/h11-12,15H,4-10,14H2,1-3H3. The van der Waals surface area contributed by atoms with E-state index in [1.165, 1.54) is 12.8 Å². The van der Waals surface area contributed by atoms with Crippen LogP contribution in [0.4, 0.5) is 0 Å². The summed E-state index contributed by atoms with van der Waals surface area (Å²) in [5.41, 5.74) is 2.74. The molecule has 0 bridgehead atoms. The average molecular weight is 244 g/mol. The Balaban J connectivity index is 2.60. The molecule has 0 aromatic carbocycles. The molecule has 0 amide bonds. The van der Waals surface area contributed by atoms with Crippen molar-refractivity contribution in [3.8, 4) is 0 Å². The summed E-state index contributed by atoms with van der Waals surface area (Å²) in [5, 5.41) is 0. The van der Waals surface area contributed by atoms with E-state index in [4.69, 9.17) is 15.3 Å². The molecule has 4 heteroatoms. The molecule has 3 N–H and O–H groups in total. The minimum Gasteiger partial charge on any atom is -0.380 e. The second-order valence-corrected chi connectivity index (χ2v) is 5.26. The van der Waals surface area contributed by atoms with E-state index in [1.54, 1.807) is 7.11 Å². The first-order valence-corrected chi connectivity index (χ1v) is 6.77. The lowest BCUT2D eigenvalue weighted by Crippen LogP contribution is -2.58. The van der Waals surface area contributed by atoms with Crippen LogP contribution in [0, 0.1) is 5.92 Å². The molecule has 1 aliphatic rings. The monoisotopic (exact) mass is 244 g/mol. The van der Waals surface area contributed by atoms with Gasteiger partial charge in [-0.3, -0.25) is 11.3 Å². The zero-order valence-electron chi connectivity index (χ0n) is 11.5. The zero-order chi connectivity index (χ0) is 12.7. The number of nitrogens with two attached hydrogens (primary N) is 1. The molecule has 3 unspecified atom stereocenters. The number of methoxy groups -OCH3 is 1. The highest BCUT2D eigenvalue weighted by atomic mass is 16.5. The van der Waals surface area contributed by atoms with Crippen LogP contribution in [0.1, 0.15) is 46.0 Å². The molecule has 0 aliphatic heterocycles. The largest absolute Gasteiger partial charge is 0.380 e. The molecule has 0 radical (unpaired) electrons. The highest BCUT2D eigenvalue weighted by Gasteiger charge is 2.41. The molecular formula is C13H28N2O2. The van der Waals surface area contributed by atoms with E-state index in [-0.39, 0.29) is 11.6 Å². The number of ether oxygens (including phenoxy) is 2. The van der Waals surface area contributed by atoms with Crippen molar-refractivity contribution in [3.63, 3.8) is 0 Å². The van der Waals surface area contributed by atoms with Gasteiger partial charge >= 0.3 is 0 Å². The number of rotatable bonds is 7. The summed E-state index contributed by atoms with van der Waals surface area (Å²) >= 11 is 0. The highest BCUT2D eigenvalue weighted by Crippen LogP contribution is 2.37. The molecule has 17 heavy (non-hydrogen) atoms. The van der Waals surface area contributed by atoms with Gasteiger partial charge in [-0.1, -0.05) is 26.7 Å². The Morgan fingerprint density at radius 2 is 2.29 bits per heavy atom. The van der Waals surface area contributed by atoms with Crippen molar-refractivity contribution in [1.29, 1.82) is 0 Å². The lowest BCUT2D eigenvalue weighted by atomic mass is 9.75. The van der Waals surface area contributed by atoms with Crippen molar-refractivity contribution < 1.29 is 9.47 Å². The molecule has 0 saturated heterocycles. The van der Waals surface area contributed by atoms with Crippen LogP contribution >= 0.6 is 0 Å². The zero-order valence-corrected chi connectivity index (χ0v) is 11.5. The average Bonchev–Trinajstić information content (AvgIpc) is 2.34. The quantitative estimate of drug-likeness (QED) is 0.407. The summed E-state index contributed by atoms with van der Waals surface area (Å²) in [6.07, 6.45) is 5.67. The van der Waals surface area contributed by atoms with Crippen LogP contribution < -0.4 is 11.3 Å². The van der Waals surface area contributed by atoms with Gasteiger partial charge < -0.3 is 9.47 Å². The van der Waals surface area contributed by atoms with Crippen molar-refractivity contribution in [3.05, 3.63) is 0 Å². The van der Waals surface area contributed by atoms with E-state index < -0.39 is 0 Å². The minimum atomic E-state index is -0.153. The third-order valence-corrected chi connectivity index (χ3v) is 3.87. The fourth-order valence-electron chi connectivity index (χ4n) is 2.89. The van der Waals surface area contributed by atoms with Crippen molar-refractivity contribution >= 4 is 0 Å². The summed E-state index contributed by atoms with van der Waals surface area (Å²) in [4.78, 5) is 0. The molecule has 0 aromatic heterocycles. The predicted octanol–water partition coefficient (Wildman–Crippen LogP) is 1.84. The van der Waals surface area contributed by atoms with E-state index in [0.717, 1.165) is 25.9 Å². The lowest BCUT2D eigenvalue weighted by Gasteiger charge is -2.44. The summed E-state index contributed by atoms with van der Waals surface area (Å²) in [7, 11) is 1.79. The Labute approximate surface area is 105 Å². The predicted molar refractivity (Wildman–Crippen MR) is 69.6 cm³/mol. The highest BCUT2D eigenvalue weighted by molar-refractivity contribution is 4.96. The molecule has 0 heterocycles. The SMILES string of the molecule is CCCOCC(NN)C1(OC)CCCC(C)C1.